The number of rotatable bonds is 8. The van der Waals surface area contributed by atoms with Crippen LogP contribution >= 0.6 is 0 Å². The van der Waals surface area contributed by atoms with Gasteiger partial charge in [-0.25, -0.2) is 0 Å². The maximum atomic E-state index is 10.7. The van der Waals surface area contributed by atoms with Crippen LogP contribution in [-0.2, 0) is 8.85 Å². The van der Waals surface area contributed by atoms with E-state index >= 15 is 0 Å². The highest BCUT2D eigenvalue weighted by molar-refractivity contribution is 6.64. The summed E-state index contributed by atoms with van der Waals surface area (Å²) in [4.78, 5) is 0. The first kappa shape index (κ1) is 26.1. The number of aliphatic hydroxyl groups excluding tert-OH is 2. The van der Waals surface area contributed by atoms with Crippen LogP contribution < -0.4 is 0 Å². The van der Waals surface area contributed by atoms with E-state index in [1.54, 1.807) is 0 Å². The van der Waals surface area contributed by atoms with Crippen molar-refractivity contribution < 1.29 is 23.4 Å². The van der Waals surface area contributed by atoms with Gasteiger partial charge >= 0.3 is 16.1 Å². The molecule has 0 saturated carbocycles. The Labute approximate surface area is 164 Å². The Bertz CT molecular complexity index is 338. The molecule has 1 fully saturated rings. The molecule has 0 radical (unpaired) electrons. The molecule has 2 unspecified atom stereocenters. The molecular formula is C19H44BFO4Si. The van der Waals surface area contributed by atoms with E-state index in [9.17, 15) is 9.42 Å². The van der Waals surface area contributed by atoms with Crippen LogP contribution in [0.5, 0.6) is 0 Å². The number of hydrogen-bond acceptors (Lipinski definition) is 4. The van der Waals surface area contributed by atoms with Gasteiger partial charge in [-0.2, -0.15) is 0 Å². The van der Waals surface area contributed by atoms with Crippen molar-refractivity contribution in [1.29, 1.82) is 1.34 Å². The fraction of sp³-hybridized carbons (Fsp3) is 1.00. The van der Waals surface area contributed by atoms with E-state index in [4.69, 9.17) is 15.3 Å². The second kappa shape index (κ2) is 17.2. The molecule has 1 aliphatic heterocycles. The van der Waals surface area contributed by atoms with Crippen LogP contribution in [0.1, 0.15) is 79.1 Å². The molecule has 1 heterocycles. The summed E-state index contributed by atoms with van der Waals surface area (Å²) in [5, 5.41) is 18.3. The van der Waals surface area contributed by atoms with Crippen molar-refractivity contribution in [2.45, 2.75) is 123 Å². The normalized spacial score (nSPS) is 24.2. The third-order valence-electron chi connectivity index (χ3n) is 4.13. The van der Waals surface area contributed by atoms with Gasteiger partial charge in [-0.3, -0.25) is 0 Å². The lowest BCUT2D eigenvalue weighted by molar-refractivity contribution is -0.00108. The van der Waals surface area contributed by atoms with Crippen molar-refractivity contribution in [2.24, 2.45) is 0 Å². The summed E-state index contributed by atoms with van der Waals surface area (Å²) < 4.78 is 28.5. The molecule has 4 atom stereocenters. The third-order valence-corrected chi connectivity index (χ3v) is 5.93. The minimum atomic E-state index is -1.77. The Balaban J connectivity index is 0. The second-order valence-corrected chi connectivity index (χ2v) is 10.5. The lowest BCUT2D eigenvalue weighted by Gasteiger charge is -2.39. The number of aliphatic hydroxyl groups is 2. The summed E-state index contributed by atoms with van der Waals surface area (Å²) in [7, 11) is -3.19. The molecule has 158 valence electrons. The van der Waals surface area contributed by atoms with Crippen LogP contribution in [0.2, 0.25) is 19.9 Å². The third kappa shape index (κ3) is 16.2. The largest absolute Gasteiger partial charge is 0.393 e. The first-order valence-electron chi connectivity index (χ1n) is 10.9. The molecule has 1 aliphatic rings. The predicted molar refractivity (Wildman–Crippen MR) is 113 cm³/mol. The molecule has 0 amide bonds. The van der Waals surface area contributed by atoms with Crippen molar-refractivity contribution in [3.05, 3.63) is 0 Å². The monoisotopic (exact) mass is 396 g/mol. The van der Waals surface area contributed by atoms with Crippen LogP contribution in [0.15, 0.2) is 0 Å². The predicted octanol–water partition coefficient (Wildman–Crippen LogP) is 4.74. The smallest absolute Gasteiger partial charge is 0.332 e. The summed E-state index contributed by atoms with van der Waals surface area (Å²) in [6, 6.07) is 0. The summed E-state index contributed by atoms with van der Waals surface area (Å²) in [5.74, 6) is 0. The molecule has 26 heavy (non-hydrogen) atoms. The van der Waals surface area contributed by atoms with E-state index in [1.807, 2.05) is 13.8 Å². The highest BCUT2D eigenvalue weighted by Gasteiger charge is 2.36. The van der Waals surface area contributed by atoms with Gasteiger partial charge in [-0.1, -0.05) is 47.4 Å². The summed E-state index contributed by atoms with van der Waals surface area (Å²) in [6.07, 6.45) is 7.97. The molecule has 2 N–H and O–H groups in total. The van der Waals surface area contributed by atoms with Crippen molar-refractivity contribution >= 4 is 16.1 Å². The van der Waals surface area contributed by atoms with Gasteiger partial charge in [0.1, 0.15) is 0 Å². The Morgan fingerprint density at radius 3 is 2.08 bits per heavy atom. The lowest BCUT2D eigenvalue weighted by atomic mass is 10.1. The fourth-order valence-corrected chi connectivity index (χ4v) is 5.04. The van der Waals surface area contributed by atoms with Crippen LogP contribution in [-0.4, -0.2) is 52.0 Å². The zero-order valence-corrected chi connectivity index (χ0v) is 19.1. The Morgan fingerprint density at radius 2 is 1.65 bits per heavy atom. The Morgan fingerprint density at radius 1 is 1.12 bits per heavy atom. The zero-order chi connectivity index (χ0) is 21.5. The molecule has 1 rings (SSSR count). The second-order valence-electron chi connectivity index (χ2n) is 7.27. The maximum absolute atomic E-state index is 10.7. The van der Waals surface area contributed by atoms with Crippen LogP contribution in [0.3, 0.4) is 0 Å². The Kier molecular flexibility index (Phi) is 17.2. The maximum Gasteiger partial charge on any atom is 0.332 e. The van der Waals surface area contributed by atoms with Gasteiger partial charge in [0.15, 0.2) is 0 Å². The van der Waals surface area contributed by atoms with Crippen LogP contribution in [0.4, 0.5) is 4.32 Å². The van der Waals surface area contributed by atoms with E-state index in [1.165, 1.54) is 19.7 Å². The average Bonchev–Trinajstić information content (AvgIpc) is 2.53. The van der Waals surface area contributed by atoms with Crippen molar-refractivity contribution in [2.75, 3.05) is 0 Å². The van der Waals surface area contributed by atoms with Crippen molar-refractivity contribution in [1.82, 2.24) is 0 Å². The fourth-order valence-electron chi connectivity index (χ4n) is 2.90. The first-order valence-corrected chi connectivity index (χ1v) is 13.1. The van der Waals surface area contributed by atoms with E-state index in [0.29, 0.717) is 18.6 Å². The van der Waals surface area contributed by atoms with Gasteiger partial charge in [0.25, 0.3) is 0 Å². The molecule has 0 aromatic heterocycles. The molecule has 0 spiro atoms. The molecule has 0 aromatic rings. The van der Waals surface area contributed by atoms with Crippen LogP contribution in [0, 0.1) is 0 Å². The summed E-state index contributed by atoms with van der Waals surface area (Å²) >= 11 is 0. The minimum Gasteiger partial charge on any atom is -0.393 e. The molecule has 0 bridgehead atoms. The van der Waals surface area contributed by atoms with E-state index in [0.717, 1.165) is 32.1 Å². The quantitative estimate of drug-likeness (QED) is 0.582. The summed E-state index contributed by atoms with van der Waals surface area (Å²) in [6.45, 7) is 13.8. The van der Waals surface area contributed by atoms with Gasteiger partial charge in [0.2, 0.25) is 0 Å². The molecule has 7 heteroatoms. The highest BCUT2D eigenvalue weighted by atomic mass is 28.4. The average molecular weight is 396 g/mol. The SMILES string of the molecule is CCCC1CC(CC)O[Si](C)(C)O1.CCC[C@H](O)C[C@H](O)CC.[3H]B(C)F. The number of halogens is 1. The topological polar surface area (TPSA) is 58.9 Å². The number of hydrogen-bond donors (Lipinski definition) is 2. The highest BCUT2D eigenvalue weighted by Crippen LogP contribution is 2.27. The van der Waals surface area contributed by atoms with Crippen molar-refractivity contribution in [3.63, 3.8) is 0 Å². The molecule has 0 aliphatic carbocycles. The van der Waals surface area contributed by atoms with Gasteiger partial charge < -0.3 is 23.4 Å². The van der Waals surface area contributed by atoms with Gasteiger partial charge in [-0.05, 0) is 51.6 Å². The molecular weight excluding hydrogens is 350 g/mol. The van der Waals surface area contributed by atoms with E-state index in [-0.39, 0.29) is 12.2 Å². The van der Waals surface area contributed by atoms with E-state index in [2.05, 4.69) is 26.9 Å². The molecule has 1 saturated heterocycles. The zero-order valence-electron chi connectivity index (χ0n) is 19.1. The van der Waals surface area contributed by atoms with E-state index < -0.39 is 16.1 Å². The molecule has 4 nitrogen and oxygen atoms in total. The summed E-state index contributed by atoms with van der Waals surface area (Å²) in [5.41, 5.74) is 0. The van der Waals surface area contributed by atoms with Gasteiger partial charge in [-0.15, -0.1) is 0 Å². The van der Waals surface area contributed by atoms with Crippen LogP contribution in [0.25, 0.3) is 0 Å². The van der Waals surface area contributed by atoms with Gasteiger partial charge in [0.05, 0.1) is 12.2 Å². The molecule has 0 aromatic carbocycles. The van der Waals surface area contributed by atoms with Gasteiger partial charge in [0, 0.05) is 13.5 Å². The first-order chi connectivity index (χ1) is 12.5. The lowest BCUT2D eigenvalue weighted by Crippen LogP contribution is -2.48. The Hall–Kier alpha value is 0.0518. The minimum absolute atomic E-state index is 0.306. The standard InChI is InChI=1S/C10H22O2Si.C8H18O2.CH4BF/c1-5-7-10-8-9(6-2)11-13(3,4)12-10;1-3-5-8(10)6-7(9)4-2;1-2-3/h9-10H,5-8H2,1-4H3;7-10H,3-6H2,1-2H3;2H,1H3/t;7-,8+;/m.1./s1/i;;2T. The van der Waals surface area contributed by atoms with Crippen molar-refractivity contribution in [3.8, 4) is 0 Å².